The lowest BCUT2D eigenvalue weighted by atomic mass is 10.3. The molecule has 0 aromatic carbocycles. The summed E-state index contributed by atoms with van der Waals surface area (Å²) in [5.41, 5.74) is 0.394. The Kier molecular flexibility index (Phi) is 4.61. The normalized spacial score (nSPS) is 12.5. The van der Waals surface area contributed by atoms with E-state index in [-0.39, 0.29) is 5.82 Å². The maximum absolute atomic E-state index is 13.5. The van der Waals surface area contributed by atoms with Crippen molar-refractivity contribution in [2.45, 2.75) is 13.3 Å². The number of halogens is 1. The molecule has 0 amide bonds. The van der Waals surface area contributed by atoms with Crippen LogP contribution in [-0.4, -0.2) is 32.7 Å². The zero-order valence-corrected chi connectivity index (χ0v) is 9.60. The van der Waals surface area contributed by atoms with Crippen LogP contribution in [0.1, 0.15) is 12.6 Å². The molecule has 6 heteroatoms. The van der Waals surface area contributed by atoms with Crippen molar-refractivity contribution >= 4 is 16.6 Å². The van der Waals surface area contributed by atoms with E-state index in [2.05, 4.69) is 15.3 Å². The monoisotopic (exact) mass is 231 g/mol. The molecule has 0 aliphatic heterocycles. The van der Waals surface area contributed by atoms with E-state index in [1.165, 1.54) is 6.33 Å². The molecule has 1 heterocycles. The van der Waals surface area contributed by atoms with Crippen LogP contribution in [0.4, 0.5) is 10.2 Å². The summed E-state index contributed by atoms with van der Waals surface area (Å²) in [5, 5.41) is 2.80. The molecule has 0 spiro atoms. The smallest absolute Gasteiger partial charge is 0.186 e. The van der Waals surface area contributed by atoms with Crippen molar-refractivity contribution in [3.63, 3.8) is 0 Å². The molecule has 1 unspecified atom stereocenters. The van der Waals surface area contributed by atoms with E-state index >= 15 is 0 Å². The summed E-state index contributed by atoms with van der Waals surface area (Å²) in [6.45, 7) is 2.27. The fraction of sp³-hybridized carbons (Fsp3) is 0.556. The molecule has 1 N–H and O–H groups in total. The molecule has 4 nitrogen and oxygen atoms in total. The molecule has 84 valence electrons. The van der Waals surface area contributed by atoms with Crippen LogP contribution in [0.2, 0.25) is 0 Å². The molecule has 1 aromatic heterocycles. The maximum Gasteiger partial charge on any atom is 0.186 e. The Morgan fingerprint density at radius 3 is 2.87 bits per heavy atom. The van der Waals surface area contributed by atoms with Crippen molar-refractivity contribution in [3.8, 4) is 0 Å². The minimum Gasteiger partial charge on any atom is -0.367 e. The van der Waals surface area contributed by atoms with Gasteiger partial charge >= 0.3 is 0 Å². The van der Waals surface area contributed by atoms with Gasteiger partial charge in [-0.05, 0) is 6.42 Å². The quantitative estimate of drug-likeness (QED) is 0.820. The molecule has 0 radical (unpaired) electrons. The summed E-state index contributed by atoms with van der Waals surface area (Å²) in [7, 11) is -0.881. The van der Waals surface area contributed by atoms with Gasteiger partial charge in [0.25, 0.3) is 0 Å². The topological polar surface area (TPSA) is 54.9 Å². The molecule has 0 saturated heterocycles. The first-order chi connectivity index (χ1) is 7.15. The Hall–Kier alpha value is -1.04. The van der Waals surface area contributed by atoms with Crippen molar-refractivity contribution < 1.29 is 8.60 Å². The van der Waals surface area contributed by atoms with Crippen molar-refractivity contribution in [2.24, 2.45) is 0 Å². The fourth-order valence-electron chi connectivity index (χ4n) is 1.09. The van der Waals surface area contributed by atoms with E-state index in [9.17, 15) is 8.60 Å². The molecule has 1 rings (SSSR count). The number of nitrogens with one attached hydrogen (secondary N) is 1. The highest BCUT2D eigenvalue weighted by atomic mass is 32.2. The molecule has 1 atom stereocenters. The van der Waals surface area contributed by atoms with Gasteiger partial charge in [-0.3, -0.25) is 4.21 Å². The van der Waals surface area contributed by atoms with Gasteiger partial charge in [0.2, 0.25) is 0 Å². The largest absolute Gasteiger partial charge is 0.367 e. The van der Waals surface area contributed by atoms with Gasteiger partial charge in [-0.25, -0.2) is 14.4 Å². The molecule has 0 aliphatic carbocycles. The van der Waals surface area contributed by atoms with E-state index in [0.29, 0.717) is 24.4 Å². The van der Waals surface area contributed by atoms with Crippen LogP contribution in [0.15, 0.2) is 6.33 Å². The SMILES string of the molecule is CCc1ncnc(NCCS(C)=O)c1F. The lowest BCUT2D eigenvalue weighted by Gasteiger charge is -2.06. The third-order valence-electron chi connectivity index (χ3n) is 1.88. The van der Waals surface area contributed by atoms with Gasteiger partial charge in [-0.15, -0.1) is 0 Å². The first-order valence-electron chi connectivity index (χ1n) is 4.68. The van der Waals surface area contributed by atoms with Crippen LogP contribution in [-0.2, 0) is 17.2 Å². The summed E-state index contributed by atoms with van der Waals surface area (Å²) in [6.07, 6.45) is 3.46. The standard InChI is InChI=1S/C9H14FN3OS/c1-3-7-8(10)9(13-6-12-7)11-4-5-15(2)14/h6H,3-5H2,1-2H3,(H,11,12,13). The van der Waals surface area contributed by atoms with Gasteiger partial charge in [0, 0.05) is 29.4 Å². The van der Waals surface area contributed by atoms with Gasteiger partial charge < -0.3 is 5.32 Å². The first kappa shape index (κ1) is 12.0. The Bertz CT molecular complexity index is 359. The number of hydrogen-bond acceptors (Lipinski definition) is 4. The number of rotatable bonds is 5. The molecule has 15 heavy (non-hydrogen) atoms. The van der Waals surface area contributed by atoms with Gasteiger partial charge in [-0.1, -0.05) is 6.92 Å². The Labute approximate surface area is 90.8 Å². The molecular formula is C9H14FN3OS. The lowest BCUT2D eigenvalue weighted by molar-refractivity contribution is 0.597. The van der Waals surface area contributed by atoms with Crippen LogP contribution in [0.5, 0.6) is 0 Å². The first-order valence-corrected chi connectivity index (χ1v) is 6.41. The van der Waals surface area contributed by atoms with Crippen molar-refractivity contribution in [2.75, 3.05) is 23.9 Å². The number of aryl methyl sites for hydroxylation is 1. The molecule has 1 aromatic rings. The van der Waals surface area contributed by atoms with Crippen LogP contribution >= 0.6 is 0 Å². The van der Waals surface area contributed by atoms with Gasteiger partial charge in [-0.2, -0.15) is 0 Å². The van der Waals surface area contributed by atoms with Gasteiger partial charge in [0.05, 0.1) is 5.69 Å². The summed E-state index contributed by atoms with van der Waals surface area (Å²) >= 11 is 0. The van der Waals surface area contributed by atoms with Crippen molar-refractivity contribution in [3.05, 3.63) is 17.8 Å². The molecule has 0 aliphatic rings. The number of nitrogens with zero attached hydrogens (tertiary/aromatic N) is 2. The second-order valence-electron chi connectivity index (χ2n) is 3.04. The summed E-state index contributed by atoms with van der Waals surface area (Å²) in [6, 6.07) is 0. The van der Waals surface area contributed by atoms with E-state index in [1.54, 1.807) is 6.26 Å². The third kappa shape index (κ3) is 3.54. The molecular weight excluding hydrogens is 217 g/mol. The second kappa shape index (κ2) is 5.75. The summed E-state index contributed by atoms with van der Waals surface area (Å²) < 4.78 is 24.3. The molecule has 0 bridgehead atoms. The zero-order valence-electron chi connectivity index (χ0n) is 8.79. The molecule has 0 fully saturated rings. The predicted molar refractivity (Wildman–Crippen MR) is 58.8 cm³/mol. The van der Waals surface area contributed by atoms with Crippen LogP contribution < -0.4 is 5.32 Å². The van der Waals surface area contributed by atoms with Gasteiger partial charge in [0.15, 0.2) is 11.6 Å². The second-order valence-corrected chi connectivity index (χ2v) is 4.60. The number of hydrogen-bond donors (Lipinski definition) is 1. The number of anilines is 1. The van der Waals surface area contributed by atoms with Crippen molar-refractivity contribution in [1.82, 2.24) is 9.97 Å². The summed E-state index contributed by atoms with van der Waals surface area (Å²) in [5.74, 6) is 0.249. The third-order valence-corrected chi connectivity index (χ3v) is 2.66. The van der Waals surface area contributed by atoms with Crippen LogP contribution in [0.25, 0.3) is 0 Å². The van der Waals surface area contributed by atoms with Gasteiger partial charge in [0.1, 0.15) is 6.33 Å². The highest BCUT2D eigenvalue weighted by Gasteiger charge is 2.08. The van der Waals surface area contributed by atoms with Crippen LogP contribution in [0.3, 0.4) is 0 Å². The van der Waals surface area contributed by atoms with E-state index < -0.39 is 16.6 Å². The average molecular weight is 231 g/mol. The van der Waals surface area contributed by atoms with Crippen molar-refractivity contribution in [1.29, 1.82) is 0 Å². The minimum atomic E-state index is -0.881. The molecule has 0 saturated carbocycles. The lowest BCUT2D eigenvalue weighted by Crippen LogP contribution is -2.13. The fourth-order valence-corrected chi connectivity index (χ4v) is 1.48. The summed E-state index contributed by atoms with van der Waals surface area (Å²) in [4.78, 5) is 7.60. The van der Waals surface area contributed by atoms with Crippen LogP contribution in [0, 0.1) is 5.82 Å². The Morgan fingerprint density at radius 2 is 2.27 bits per heavy atom. The average Bonchev–Trinajstić information content (AvgIpc) is 2.20. The Morgan fingerprint density at radius 1 is 1.53 bits per heavy atom. The minimum absolute atomic E-state index is 0.187. The maximum atomic E-state index is 13.5. The van der Waals surface area contributed by atoms with E-state index in [1.807, 2.05) is 6.92 Å². The Balaban J connectivity index is 2.64. The van der Waals surface area contributed by atoms with E-state index in [4.69, 9.17) is 0 Å². The van der Waals surface area contributed by atoms with E-state index in [0.717, 1.165) is 0 Å². The highest BCUT2D eigenvalue weighted by molar-refractivity contribution is 7.84. The zero-order chi connectivity index (χ0) is 11.3. The highest BCUT2D eigenvalue weighted by Crippen LogP contribution is 2.12. The predicted octanol–water partition coefficient (Wildman–Crippen LogP) is 0.969. The number of aromatic nitrogens is 2.